The number of rotatable bonds is 7. The summed E-state index contributed by atoms with van der Waals surface area (Å²) in [6.45, 7) is 1.56. The molecule has 0 aliphatic carbocycles. The van der Waals surface area contributed by atoms with Gasteiger partial charge in [-0.25, -0.2) is 8.42 Å². The van der Waals surface area contributed by atoms with Crippen molar-refractivity contribution < 1.29 is 18.1 Å². The van der Waals surface area contributed by atoms with Crippen molar-refractivity contribution in [2.75, 3.05) is 7.11 Å². The molecule has 0 aliphatic rings. The van der Waals surface area contributed by atoms with E-state index in [1.54, 1.807) is 38.3 Å². The summed E-state index contributed by atoms with van der Waals surface area (Å²) >= 11 is 0. The average molecular weight is 412 g/mol. The Morgan fingerprint density at radius 3 is 2.17 bits per heavy atom. The van der Waals surface area contributed by atoms with E-state index in [-0.39, 0.29) is 10.6 Å². The lowest BCUT2D eigenvalue weighted by atomic mass is 10.00. The lowest BCUT2D eigenvalue weighted by Gasteiger charge is -2.20. The van der Waals surface area contributed by atoms with Gasteiger partial charge in [-0.05, 0) is 36.2 Å². The number of methoxy groups -OCH3 is 1. The number of nitrogens with zero attached hydrogens (tertiary/aromatic N) is 1. The van der Waals surface area contributed by atoms with E-state index >= 15 is 0 Å². The normalized spacial score (nSPS) is 12.3. The molecular formula is C21H20N2O5S. The molecule has 1 atom stereocenters. The van der Waals surface area contributed by atoms with Crippen molar-refractivity contribution in [3.63, 3.8) is 0 Å². The van der Waals surface area contributed by atoms with Crippen LogP contribution in [0.4, 0.5) is 5.69 Å². The summed E-state index contributed by atoms with van der Waals surface area (Å²) in [4.78, 5) is 10.5. The van der Waals surface area contributed by atoms with Crippen LogP contribution in [-0.2, 0) is 10.0 Å². The minimum absolute atomic E-state index is 0.163. The molecule has 3 rings (SSSR count). The van der Waals surface area contributed by atoms with Gasteiger partial charge in [-0.2, -0.15) is 4.72 Å². The molecule has 0 saturated heterocycles. The Morgan fingerprint density at radius 2 is 1.59 bits per heavy atom. The highest BCUT2D eigenvalue weighted by atomic mass is 32.2. The summed E-state index contributed by atoms with van der Waals surface area (Å²) in [6, 6.07) is 19.3. The molecule has 150 valence electrons. The van der Waals surface area contributed by atoms with Crippen molar-refractivity contribution in [3.8, 4) is 5.75 Å². The van der Waals surface area contributed by atoms with Gasteiger partial charge in [0.25, 0.3) is 5.69 Å². The predicted octanol–water partition coefficient (Wildman–Crippen LogP) is 3.98. The summed E-state index contributed by atoms with van der Waals surface area (Å²) in [7, 11) is -2.48. The first kappa shape index (κ1) is 20.5. The number of hydrogen-bond acceptors (Lipinski definition) is 5. The standard InChI is InChI=1S/C21H20N2O5S/c1-15-8-13-19(14-20(15)23(24)25)29(26,27)22-21(16-6-4-3-5-7-16)17-9-11-18(28-2)12-10-17/h3-14,21-22H,1-2H3. The van der Waals surface area contributed by atoms with Gasteiger partial charge in [-0.15, -0.1) is 0 Å². The van der Waals surface area contributed by atoms with Crippen LogP contribution in [-0.4, -0.2) is 20.5 Å². The molecule has 0 aromatic heterocycles. The van der Waals surface area contributed by atoms with Crippen LogP contribution in [0.3, 0.4) is 0 Å². The molecule has 0 bridgehead atoms. The number of nitrogens with one attached hydrogen (secondary N) is 1. The maximum Gasteiger partial charge on any atom is 0.273 e. The summed E-state index contributed by atoms with van der Waals surface area (Å²) in [5, 5.41) is 11.2. The number of benzene rings is 3. The van der Waals surface area contributed by atoms with Gasteiger partial charge in [-0.3, -0.25) is 10.1 Å². The van der Waals surface area contributed by atoms with Crippen LogP contribution in [0.25, 0.3) is 0 Å². The summed E-state index contributed by atoms with van der Waals surface area (Å²) in [5.74, 6) is 0.651. The number of nitro groups is 1. The van der Waals surface area contributed by atoms with Crippen molar-refractivity contribution in [2.45, 2.75) is 17.9 Å². The van der Waals surface area contributed by atoms with E-state index in [4.69, 9.17) is 4.74 Å². The third-order valence-electron chi connectivity index (χ3n) is 4.54. The molecule has 3 aromatic carbocycles. The fourth-order valence-electron chi connectivity index (χ4n) is 2.95. The highest BCUT2D eigenvalue weighted by Gasteiger charge is 2.25. The van der Waals surface area contributed by atoms with Gasteiger partial charge in [0.05, 0.1) is 23.0 Å². The van der Waals surface area contributed by atoms with Crippen molar-refractivity contribution in [1.29, 1.82) is 0 Å². The van der Waals surface area contributed by atoms with E-state index in [1.807, 2.05) is 30.3 Å². The topological polar surface area (TPSA) is 98.5 Å². The van der Waals surface area contributed by atoms with E-state index < -0.39 is 21.0 Å². The first-order chi connectivity index (χ1) is 13.8. The predicted molar refractivity (Wildman–Crippen MR) is 109 cm³/mol. The largest absolute Gasteiger partial charge is 0.497 e. The smallest absolute Gasteiger partial charge is 0.273 e. The summed E-state index contributed by atoms with van der Waals surface area (Å²) < 4.78 is 33.9. The van der Waals surface area contributed by atoms with E-state index in [2.05, 4.69) is 4.72 Å². The zero-order valence-electron chi connectivity index (χ0n) is 15.9. The monoisotopic (exact) mass is 412 g/mol. The maximum atomic E-state index is 13.0. The third kappa shape index (κ3) is 4.61. The first-order valence-electron chi connectivity index (χ1n) is 8.78. The van der Waals surface area contributed by atoms with Gasteiger partial charge >= 0.3 is 0 Å². The fourth-order valence-corrected chi connectivity index (χ4v) is 4.18. The van der Waals surface area contributed by atoms with Gasteiger partial charge in [0.1, 0.15) is 5.75 Å². The number of nitro benzene ring substituents is 1. The lowest BCUT2D eigenvalue weighted by molar-refractivity contribution is -0.385. The van der Waals surface area contributed by atoms with E-state index in [0.717, 1.165) is 11.6 Å². The molecule has 0 heterocycles. The lowest BCUT2D eigenvalue weighted by Crippen LogP contribution is -2.29. The molecule has 0 aliphatic heterocycles. The molecular weight excluding hydrogens is 392 g/mol. The second kappa shape index (κ2) is 8.42. The molecule has 3 aromatic rings. The van der Waals surface area contributed by atoms with Crippen LogP contribution < -0.4 is 9.46 Å². The van der Waals surface area contributed by atoms with Gasteiger partial charge in [0.15, 0.2) is 0 Å². The van der Waals surface area contributed by atoms with Gasteiger partial charge in [0, 0.05) is 11.6 Å². The number of aryl methyl sites for hydroxylation is 1. The Labute approximate surface area is 169 Å². The minimum Gasteiger partial charge on any atom is -0.497 e. The molecule has 0 saturated carbocycles. The van der Waals surface area contributed by atoms with Crippen molar-refractivity contribution in [1.82, 2.24) is 4.72 Å². The van der Waals surface area contributed by atoms with Crippen molar-refractivity contribution >= 4 is 15.7 Å². The average Bonchev–Trinajstić information content (AvgIpc) is 2.73. The van der Waals surface area contributed by atoms with E-state index in [0.29, 0.717) is 16.9 Å². The molecule has 0 amide bonds. The van der Waals surface area contributed by atoms with Gasteiger partial charge < -0.3 is 4.74 Å². The third-order valence-corrected chi connectivity index (χ3v) is 5.96. The zero-order chi connectivity index (χ0) is 21.0. The van der Waals surface area contributed by atoms with Crippen LogP contribution in [0.1, 0.15) is 22.7 Å². The highest BCUT2D eigenvalue weighted by molar-refractivity contribution is 7.89. The molecule has 0 spiro atoms. The summed E-state index contributed by atoms with van der Waals surface area (Å²) in [5.41, 5.74) is 1.60. The van der Waals surface area contributed by atoms with Crippen LogP contribution in [0.2, 0.25) is 0 Å². The first-order valence-corrected chi connectivity index (χ1v) is 10.3. The molecule has 1 unspecified atom stereocenters. The SMILES string of the molecule is COc1ccc(C(NS(=O)(=O)c2ccc(C)c([N+](=O)[O-])c2)c2ccccc2)cc1. The summed E-state index contributed by atoms with van der Waals surface area (Å²) in [6.07, 6.45) is 0. The Morgan fingerprint density at radius 1 is 0.966 bits per heavy atom. The molecule has 8 heteroatoms. The van der Waals surface area contributed by atoms with E-state index in [1.165, 1.54) is 12.1 Å². The van der Waals surface area contributed by atoms with E-state index in [9.17, 15) is 18.5 Å². The molecule has 0 fully saturated rings. The number of hydrogen-bond donors (Lipinski definition) is 1. The minimum atomic E-state index is -4.03. The molecule has 0 radical (unpaired) electrons. The Hall–Kier alpha value is -3.23. The Bertz CT molecular complexity index is 1110. The molecule has 29 heavy (non-hydrogen) atoms. The Kier molecular flexibility index (Phi) is 5.95. The number of ether oxygens (including phenoxy) is 1. The van der Waals surface area contributed by atoms with Crippen LogP contribution in [0.15, 0.2) is 77.7 Å². The maximum absolute atomic E-state index is 13.0. The highest BCUT2D eigenvalue weighted by Crippen LogP contribution is 2.28. The van der Waals surface area contributed by atoms with Crippen LogP contribution in [0, 0.1) is 17.0 Å². The fraction of sp³-hybridized carbons (Fsp3) is 0.143. The van der Waals surface area contributed by atoms with Crippen LogP contribution in [0.5, 0.6) is 5.75 Å². The van der Waals surface area contributed by atoms with Crippen LogP contribution >= 0.6 is 0 Å². The van der Waals surface area contributed by atoms with Gasteiger partial charge in [0.2, 0.25) is 10.0 Å². The molecule has 7 nitrogen and oxygen atoms in total. The second-order valence-electron chi connectivity index (χ2n) is 6.44. The van der Waals surface area contributed by atoms with Crippen molar-refractivity contribution in [3.05, 3.63) is 99.6 Å². The zero-order valence-corrected chi connectivity index (χ0v) is 16.7. The molecule has 1 N–H and O–H groups in total. The quantitative estimate of drug-likeness (QED) is 0.467. The second-order valence-corrected chi connectivity index (χ2v) is 8.16. The van der Waals surface area contributed by atoms with Crippen molar-refractivity contribution in [2.24, 2.45) is 0 Å². The number of sulfonamides is 1. The Balaban J connectivity index is 2.03. The van der Waals surface area contributed by atoms with Gasteiger partial charge in [-0.1, -0.05) is 48.5 Å².